The highest BCUT2D eigenvalue weighted by Gasteiger charge is 2.30. The highest BCUT2D eigenvalue weighted by molar-refractivity contribution is 5.40. The normalized spacial score (nSPS) is 15.0. The third-order valence-corrected chi connectivity index (χ3v) is 3.07. The highest BCUT2D eigenvalue weighted by Crippen LogP contribution is 2.40. The summed E-state index contributed by atoms with van der Waals surface area (Å²) < 4.78 is 2.02. The Morgan fingerprint density at radius 1 is 1.56 bits per heavy atom. The summed E-state index contributed by atoms with van der Waals surface area (Å²) in [6, 6.07) is 0. The molecule has 3 nitrogen and oxygen atoms in total. The minimum absolute atomic E-state index is 0.552. The first-order valence-electron chi connectivity index (χ1n) is 6.06. The molecule has 1 fully saturated rings. The maximum atomic E-state index is 6.10. The van der Waals surface area contributed by atoms with Gasteiger partial charge in [0.05, 0.1) is 12.2 Å². The third kappa shape index (κ3) is 2.06. The number of aryl methyl sites for hydroxylation is 1. The van der Waals surface area contributed by atoms with E-state index in [2.05, 4.69) is 17.8 Å². The van der Waals surface area contributed by atoms with Crippen LogP contribution in [-0.4, -0.2) is 9.55 Å². The first-order valence-corrected chi connectivity index (χ1v) is 6.06. The predicted molar refractivity (Wildman–Crippen MR) is 66.1 cm³/mol. The summed E-state index contributed by atoms with van der Waals surface area (Å²) in [6.07, 6.45) is 11.1. The first kappa shape index (κ1) is 11.1. The Hall–Kier alpha value is -1.43. The van der Waals surface area contributed by atoms with Crippen molar-refractivity contribution in [2.45, 2.75) is 51.5 Å². The van der Waals surface area contributed by atoms with Gasteiger partial charge in [0.2, 0.25) is 0 Å². The zero-order chi connectivity index (χ0) is 11.5. The maximum absolute atomic E-state index is 6.10. The number of nitrogen functional groups attached to an aromatic ring is 1. The second-order valence-corrected chi connectivity index (χ2v) is 4.47. The summed E-state index contributed by atoms with van der Waals surface area (Å²) >= 11 is 0. The Labute approximate surface area is 97.1 Å². The summed E-state index contributed by atoms with van der Waals surface area (Å²) in [5.74, 6) is 5.16. The van der Waals surface area contributed by atoms with Crippen molar-refractivity contribution in [2.24, 2.45) is 0 Å². The van der Waals surface area contributed by atoms with Gasteiger partial charge in [0.15, 0.2) is 0 Å². The van der Waals surface area contributed by atoms with E-state index < -0.39 is 0 Å². The van der Waals surface area contributed by atoms with Crippen LogP contribution >= 0.6 is 0 Å². The van der Waals surface area contributed by atoms with Crippen molar-refractivity contribution in [3.05, 3.63) is 11.5 Å². The Morgan fingerprint density at radius 2 is 2.31 bits per heavy atom. The standard InChI is InChI=1S/C13H19N3/c1-3-5-6-11-12(14)16(9-4-2)13(15-11)10-7-8-10/h2,10H,3,5-9,14H2,1H3. The predicted octanol–water partition coefficient (Wildman–Crippen LogP) is 2.32. The molecule has 3 heteroatoms. The lowest BCUT2D eigenvalue weighted by Crippen LogP contribution is -2.05. The Morgan fingerprint density at radius 3 is 2.88 bits per heavy atom. The van der Waals surface area contributed by atoms with E-state index in [-0.39, 0.29) is 0 Å². The quantitative estimate of drug-likeness (QED) is 0.769. The number of hydrogen-bond donors (Lipinski definition) is 1. The third-order valence-electron chi connectivity index (χ3n) is 3.07. The molecule has 0 atom stereocenters. The molecule has 0 unspecified atom stereocenters. The number of nitrogens with two attached hydrogens (primary N) is 1. The van der Waals surface area contributed by atoms with Crippen molar-refractivity contribution in [3.8, 4) is 12.3 Å². The molecule has 1 aromatic heterocycles. The molecule has 0 aromatic carbocycles. The van der Waals surface area contributed by atoms with E-state index in [1.165, 1.54) is 19.3 Å². The molecule has 1 saturated carbocycles. The first-order chi connectivity index (χ1) is 7.77. The molecule has 1 heterocycles. The molecular formula is C13H19N3. The second-order valence-electron chi connectivity index (χ2n) is 4.47. The van der Waals surface area contributed by atoms with Gasteiger partial charge in [-0.2, -0.15) is 0 Å². The van der Waals surface area contributed by atoms with Crippen LogP contribution < -0.4 is 5.73 Å². The minimum Gasteiger partial charge on any atom is -0.384 e. The monoisotopic (exact) mass is 217 g/mol. The van der Waals surface area contributed by atoms with E-state index in [1.807, 2.05) is 4.57 Å². The fourth-order valence-electron chi connectivity index (χ4n) is 1.97. The van der Waals surface area contributed by atoms with E-state index in [0.717, 1.165) is 30.2 Å². The molecule has 0 spiro atoms. The topological polar surface area (TPSA) is 43.8 Å². The molecule has 2 rings (SSSR count). The molecule has 1 aromatic rings. The number of hydrogen-bond acceptors (Lipinski definition) is 2. The molecule has 1 aliphatic carbocycles. The number of imidazole rings is 1. The zero-order valence-electron chi connectivity index (χ0n) is 9.87. The van der Waals surface area contributed by atoms with Crippen molar-refractivity contribution >= 4 is 5.82 Å². The lowest BCUT2D eigenvalue weighted by molar-refractivity contribution is 0.760. The molecule has 0 amide bonds. The number of unbranched alkanes of at least 4 members (excludes halogenated alkanes) is 1. The summed E-state index contributed by atoms with van der Waals surface area (Å²) in [5, 5.41) is 0. The molecule has 1 aliphatic rings. The van der Waals surface area contributed by atoms with Crippen LogP contribution in [0.15, 0.2) is 0 Å². The van der Waals surface area contributed by atoms with Crippen LogP contribution in [-0.2, 0) is 13.0 Å². The van der Waals surface area contributed by atoms with Gasteiger partial charge in [-0.1, -0.05) is 19.3 Å². The molecule has 16 heavy (non-hydrogen) atoms. The number of aromatic nitrogens is 2. The Balaban J connectivity index is 2.26. The van der Waals surface area contributed by atoms with Crippen LogP contribution in [0.2, 0.25) is 0 Å². The molecule has 0 aliphatic heterocycles. The number of nitrogens with zero attached hydrogens (tertiary/aromatic N) is 2. The molecule has 0 saturated heterocycles. The number of terminal acetylenes is 1. The van der Waals surface area contributed by atoms with Crippen LogP contribution in [0.4, 0.5) is 5.82 Å². The SMILES string of the molecule is C#CCn1c(C2CC2)nc(CCCC)c1N. The van der Waals surface area contributed by atoms with Gasteiger partial charge < -0.3 is 10.3 Å². The van der Waals surface area contributed by atoms with Gasteiger partial charge in [-0.15, -0.1) is 6.42 Å². The highest BCUT2D eigenvalue weighted by atomic mass is 15.1. The summed E-state index contributed by atoms with van der Waals surface area (Å²) in [7, 11) is 0. The molecule has 2 N–H and O–H groups in total. The van der Waals surface area contributed by atoms with Gasteiger partial charge in [0.25, 0.3) is 0 Å². The van der Waals surface area contributed by atoms with Gasteiger partial charge in [0, 0.05) is 5.92 Å². The van der Waals surface area contributed by atoms with Crippen LogP contribution in [0, 0.1) is 12.3 Å². The average Bonchev–Trinajstić information content (AvgIpc) is 3.06. The van der Waals surface area contributed by atoms with Crippen LogP contribution in [0.5, 0.6) is 0 Å². The molecule has 0 radical (unpaired) electrons. The fraction of sp³-hybridized carbons (Fsp3) is 0.615. The van der Waals surface area contributed by atoms with E-state index in [4.69, 9.17) is 12.2 Å². The second kappa shape index (κ2) is 4.61. The summed E-state index contributed by atoms with van der Waals surface area (Å²) in [6.45, 7) is 2.73. The molecular weight excluding hydrogens is 198 g/mol. The lowest BCUT2D eigenvalue weighted by Gasteiger charge is -2.04. The molecule has 0 bridgehead atoms. The average molecular weight is 217 g/mol. The maximum Gasteiger partial charge on any atom is 0.127 e. The summed E-state index contributed by atoms with van der Waals surface area (Å²) in [5.41, 5.74) is 7.14. The Kier molecular flexibility index (Phi) is 3.19. The largest absolute Gasteiger partial charge is 0.384 e. The van der Waals surface area contributed by atoms with Crippen molar-refractivity contribution in [2.75, 3.05) is 5.73 Å². The van der Waals surface area contributed by atoms with Crippen molar-refractivity contribution in [3.63, 3.8) is 0 Å². The minimum atomic E-state index is 0.552. The number of rotatable bonds is 5. The van der Waals surface area contributed by atoms with E-state index in [0.29, 0.717) is 12.5 Å². The smallest absolute Gasteiger partial charge is 0.127 e. The van der Waals surface area contributed by atoms with E-state index in [9.17, 15) is 0 Å². The molecule has 86 valence electrons. The van der Waals surface area contributed by atoms with Gasteiger partial charge in [-0.3, -0.25) is 0 Å². The van der Waals surface area contributed by atoms with Crippen LogP contribution in [0.25, 0.3) is 0 Å². The van der Waals surface area contributed by atoms with Crippen LogP contribution in [0.3, 0.4) is 0 Å². The van der Waals surface area contributed by atoms with Gasteiger partial charge >= 0.3 is 0 Å². The van der Waals surface area contributed by atoms with Crippen molar-refractivity contribution < 1.29 is 0 Å². The van der Waals surface area contributed by atoms with E-state index in [1.54, 1.807) is 0 Å². The van der Waals surface area contributed by atoms with Crippen molar-refractivity contribution in [1.82, 2.24) is 9.55 Å². The van der Waals surface area contributed by atoms with Gasteiger partial charge in [-0.25, -0.2) is 4.98 Å². The van der Waals surface area contributed by atoms with Crippen LogP contribution in [0.1, 0.15) is 50.0 Å². The zero-order valence-corrected chi connectivity index (χ0v) is 9.87. The van der Waals surface area contributed by atoms with E-state index >= 15 is 0 Å². The summed E-state index contributed by atoms with van der Waals surface area (Å²) in [4.78, 5) is 4.67. The van der Waals surface area contributed by atoms with Crippen molar-refractivity contribution in [1.29, 1.82) is 0 Å². The van der Waals surface area contributed by atoms with Gasteiger partial charge in [0.1, 0.15) is 11.6 Å². The Bertz CT molecular complexity index is 408. The fourth-order valence-corrected chi connectivity index (χ4v) is 1.97. The number of anilines is 1. The lowest BCUT2D eigenvalue weighted by atomic mass is 10.2. The van der Waals surface area contributed by atoms with Gasteiger partial charge in [-0.05, 0) is 25.7 Å².